The van der Waals surface area contributed by atoms with Crippen molar-refractivity contribution in [2.75, 3.05) is 32.2 Å². The lowest BCUT2D eigenvalue weighted by molar-refractivity contribution is 0.372. The molecular formula is C16H19N3O2. The minimum atomic E-state index is 0.503. The third kappa shape index (κ3) is 2.91. The second kappa shape index (κ2) is 5.99. The van der Waals surface area contributed by atoms with Crippen LogP contribution in [0.4, 0.5) is 5.69 Å². The summed E-state index contributed by atoms with van der Waals surface area (Å²) in [5, 5.41) is 0. The average molecular weight is 285 g/mol. The Balaban J connectivity index is 1.97. The Bertz CT molecular complexity index is 602. The van der Waals surface area contributed by atoms with Crippen molar-refractivity contribution in [3.05, 3.63) is 30.3 Å². The van der Waals surface area contributed by atoms with Gasteiger partial charge in [-0.25, -0.2) is 0 Å². The summed E-state index contributed by atoms with van der Waals surface area (Å²) in [7, 11) is 3.18. The van der Waals surface area contributed by atoms with Crippen LogP contribution in [0.1, 0.15) is 12.8 Å². The molecule has 5 nitrogen and oxygen atoms in total. The van der Waals surface area contributed by atoms with Crippen LogP contribution in [0.15, 0.2) is 30.3 Å². The van der Waals surface area contributed by atoms with Crippen LogP contribution in [0.25, 0.3) is 11.4 Å². The van der Waals surface area contributed by atoms with Gasteiger partial charge in [0.25, 0.3) is 0 Å². The van der Waals surface area contributed by atoms with Gasteiger partial charge in [0, 0.05) is 24.3 Å². The van der Waals surface area contributed by atoms with Crippen LogP contribution in [-0.4, -0.2) is 37.3 Å². The first-order chi connectivity index (χ1) is 10.3. The highest BCUT2D eigenvalue weighted by molar-refractivity contribution is 5.64. The first kappa shape index (κ1) is 13.7. The number of anilines is 1. The van der Waals surface area contributed by atoms with E-state index in [9.17, 15) is 0 Å². The molecule has 3 rings (SSSR count). The summed E-state index contributed by atoms with van der Waals surface area (Å²) in [4.78, 5) is 11.2. The average Bonchev–Trinajstić information content (AvgIpc) is 3.09. The molecule has 0 bridgehead atoms. The van der Waals surface area contributed by atoms with Crippen LogP contribution in [-0.2, 0) is 0 Å². The molecule has 2 aromatic rings. The number of rotatable bonds is 4. The van der Waals surface area contributed by atoms with Crippen LogP contribution in [0, 0.1) is 0 Å². The zero-order valence-electron chi connectivity index (χ0n) is 12.4. The van der Waals surface area contributed by atoms with Crippen molar-refractivity contribution in [3.63, 3.8) is 0 Å². The van der Waals surface area contributed by atoms with Gasteiger partial charge in [-0.1, -0.05) is 12.1 Å². The van der Waals surface area contributed by atoms with Crippen LogP contribution >= 0.6 is 0 Å². The largest absolute Gasteiger partial charge is 0.481 e. The van der Waals surface area contributed by atoms with Gasteiger partial charge < -0.3 is 14.4 Å². The molecule has 1 aliphatic rings. The maximum atomic E-state index is 5.21. The third-order valence-corrected chi connectivity index (χ3v) is 3.67. The summed E-state index contributed by atoms with van der Waals surface area (Å²) < 4.78 is 10.4. The fraction of sp³-hybridized carbons (Fsp3) is 0.375. The summed E-state index contributed by atoms with van der Waals surface area (Å²) >= 11 is 0. The Morgan fingerprint density at radius 3 is 2.24 bits per heavy atom. The van der Waals surface area contributed by atoms with Crippen molar-refractivity contribution >= 4 is 5.69 Å². The van der Waals surface area contributed by atoms with E-state index in [-0.39, 0.29) is 0 Å². The number of benzene rings is 1. The quantitative estimate of drug-likeness (QED) is 0.864. The SMILES string of the molecule is COc1cc(OC)nc(-c2cccc(N3CCCC3)c2)n1. The van der Waals surface area contributed by atoms with Gasteiger partial charge in [0.1, 0.15) is 0 Å². The van der Waals surface area contributed by atoms with Crippen LogP contribution in [0.3, 0.4) is 0 Å². The molecule has 5 heteroatoms. The molecule has 2 heterocycles. The highest BCUT2D eigenvalue weighted by atomic mass is 16.5. The van der Waals surface area contributed by atoms with Crippen LogP contribution in [0.2, 0.25) is 0 Å². The maximum absolute atomic E-state index is 5.21. The third-order valence-electron chi connectivity index (χ3n) is 3.67. The molecule has 1 aromatic carbocycles. The number of ether oxygens (including phenoxy) is 2. The Morgan fingerprint density at radius 2 is 1.62 bits per heavy atom. The Labute approximate surface area is 124 Å². The van der Waals surface area contributed by atoms with Gasteiger partial charge in [-0.2, -0.15) is 9.97 Å². The molecule has 1 aliphatic heterocycles. The minimum absolute atomic E-state index is 0.503. The van der Waals surface area contributed by atoms with E-state index < -0.39 is 0 Å². The smallest absolute Gasteiger partial charge is 0.220 e. The van der Waals surface area contributed by atoms with Crippen molar-refractivity contribution < 1.29 is 9.47 Å². The van der Waals surface area contributed by atoms with E-state index in [1.54, 1.807) is 20.3 Å². The normalized spacial score (nSPS) is 14.3. The highest BCUT2D eigenvalue weighted by Gasteiger charge is 2.14. The van der Waals surface area contributed by atoms with Gasteiger partial charge in [-0.3, -0.25) is 0 Å². The van der Waals surface area contributed by atoms with Gasteiger partial charge in [0.2, 0.25) is 11.8 Å². The molecule has 1 saturated heterocycles. The van der Waals surface area contributed by atoms with Gasteiger partial charge in [-0.15, -0.1) is 0 Å². The second-order valence-corrected chi connectivity index (χ2v) is 5.02. The molecule has 0 N–H and O–H groups in total. The molecule has 110 valence electrons. The summed E-state index contributed by atoms with van der Waals surface area (Å²) in [6.45, 7) is 2.23. The maximum Gasteiger partial charge on any atom is 0.220 e. The first-order valence-electron chi connectivity index (χ1n) is 7.12. The van der Waals surface area contributed by atoms with Crippen molar-refractivity contribution in [2.45, 2.75) is 12.8 Å². The summed E-state index contributed by atoms with van der Waals surface area (Å²) in [6, 6.07) is 9.98. The second-order valence-electron chi connectivity index (χ2n) is 5.02. The lowest BCUT2D eigenvalue weighted by Crippen LogP contribution is -2.17. The molecule has 21 heavy (non-hydrogen) atoms. The van der Waals surface area contributed by atoms with E-state index in [4.69, 9.17) is 9.47 Å². The van der Waals surface area contributed by atoms with E-state index in [0.717, 1.165) is 18.7 Å². The van der Waals surface area contributed by atoms with Crippen molar-refractivity contribution in [3.8, 4) is 23.1 Å². The lowest BCUT2D eigenvalue weighted by atomic mass is 10.1. The van der Waals surface area contributed by atoms with Crippen molar-refractivity contribution in [1.82, 2.24) is 9.97 Å². The van der Waals surface area contributed by atoms with E-state index in [2.05, 4.69) is 27.0 Å². The van der Waals surface area contributed by atoms with E-state index in [1.807, 2.05) is 12.1 Å². The number of aromatic nitrogens is 2. The summed E-state index contributed by atoms with van der Waals surface area (Å²) in [5.74, 6) is 1.62. The Hall–Kier alpha value is -2.30. The number of hydrogen-bond donors (Lipinski definition) is 0. The lowest BCUT2D eigenvalue weighted by Gasteiger charge is -2.18. The van der Waals surface area contributed by atoms with E-state index in [1.165, 1.54) is 18.5 Å². The molecule has 0 amide bonds. The van der Waals surface area contributed by atoms with Crippen LogP contribution < -0.4 is 14.4 Å². The van der Waals surface area contributed by atoms with Crippen LogP contribution in [0.5, 0.6) is 11.8 Å². The van der Waals surface area contributed by atoms with Crippen molar-refractivity contribution in [2.24, 2.45) is 0 Å². The Morgan fingerprint density at radius 1 is 0.952 bits per heavy atom. The standard InChI is InChI=1S/C16H19N3O2/c1-20-14-11-15(21-2)18-16(17-14)12-6-5-7-13(10-12)19-8-3-4-9-19/h5-7,10-11H,3-4,8-9H2,1-2H3. The fourth-order valence-corrected chi connectivity index (χ4v) is 2.56. The molecule has 0 spiro atoms. The zero-order chi connectivity index (χ0) is 14.7. The zero-order valence-corrected chi connectivity index (χ0v) is 12.4. The van der Waals surface area contributed by atoms with Gasteiger partial charge in [0.15, 0.2) is 5.82 Å². The van der Waals surface area contributed by atoms with Crippen molar-refractivity contribution in [1.29, 1.82) is 0 Å². The molecule has 0 radical (unpaired) electrons. The monoisotopic (exact) mass is 285 g/mol. The number of hydrogen-bond acceptors (Lipinski definition) is 5. The number of methoxy groups -OCH3 is 2. The Kier molecular flexibility index (Phi) is 3.90. The van der Waals surface area contributed by atoms with E-state index in [0.29, 0.717) is 17.6 Å². The molecular weight excluding hydrogens is 266 g/mol. The number of nitrogens with zero attached hydrogens (tertiary/aromatic N) is 3. The first-order valence-corrected chi connectivity index (χ1v) is 7.12. The molecule has 0 atom stereocenters. The minimum Gasteiger partial charge on any atom is -0.481 e. The topological polar surface area (TPSA) is 47.5 Å². The molecule has 0 saturated carbocycles. The fourth-order valence-electron chi connectivity index (χ4n) is 2.56. The summed E-state index contributed by atoms with van der Waals surface area (Å²) in [6.07, 6.45) is 2.52. The summed E-state index contributed by atoms with van der Waals surface area (Å²) in [5.41, 5.74) is 2.19. The molecule has 0 unspecified atom stereocenters. The van der Waals surface area contributed by atoms with E-state index >= 15 is 0 Å². The highest BCUT2D eigenvalue weighted by Crippen LogP contribution is 2.27. The predicted molar refractivity (Wildman–Crippen MR) is 82.0 cm³/mol. The van der Waals surface area contributed by atoms with Gasteiger partial charge >= 0.3 is 0 Å². The van der Waals surface area contributed by atoms with Gasteiger partial charge in [0.05, 0.1) is 20.3 Å². The molecule has 1 aromatic heterocycles. The predicted octanol–water partition coefficient (Wildman–Crippen LogP) is 2.76. The molecule has 0 aliphatic carbocycles. The van der Waals surface area contributed by atoms with Gasteiger partial charge in [-0.05, 0) is 25.0 Å². The molecule has 1 fully saturated rings.